The third-order valence-corrected chi connectivity index (χ3v) is 8.69. The largest absolute Gasteiger partial charge is 0.744 e. The van der Waals surface area contributed by atoms with Crippen molar-refractivity contribution in [1.29, 1.82) is 0 Å². The first-order valence-corrected chi connectivity index (χ1v) is 15.3. The fraction of sp³-hybridized carbons (Fsp3) is 0. The molecule has 43 heavy (non-hydrogen) atoms. The number of carbonyl (C=O) groups is 2. The molecule has 0 aliphatic rings. The van der Waals surface area contributed by atoms with Crippen molar-refractivity contribution in [3.05, 3.63) is 108 Å². The molecule has 7 nitrogen and oxygen atoms in total. The molecule has 0 amide bonds. The monoisotopic (exact) mass is 803 g/mol. The number of esters is 2. The van der Waals surface area contributed by atoms with E-state index in [0.29, 0.717) is 13.4 Å². The van der Waals surface area contributed by atoms with Crippen molar-refractivity contribution >= 4 is 91.4 Å². The van der Waals surface area contributed by atoms with Gasteiger partial charge in [0.05, 0.1) is 11.1 Å². The Kier molecular flexibility index (Phi) is 8.39. The van der Waals surface area contributed by atoms with E-state index in [4.69, 9.17) is 9.47 Å². The van der Waals surface area contributed by atoms with Crippen LogP contribution in [0.3, 0.4) is 0 Å². The van der Waals surface area contributed by atoms with E-state index in [-0.39, 0.29) is 38.4 Å². The van der Waals surface area contributed by atoms with Gasteiger partial charge in [-0.3, -0.25) is 0 Å². The van der Waals surface area contributed by atoms with Crippen LogP contribution in [0.4, 0.5) is 17.6 Å². The maximum atomic E-state index is 14.7. The van der Waals surface area contributed by atoms with Gasteiger partial charge in [-0.25, -0.2) is 26.8 Å². The van der Waals surface area contributed by atoms with E-state index in [2.05, 4.69) is 47.8 Å². The van der Waals surface area contributed by atoms with E-state index >= 15 is 0 Å². The Morgan fingerprint density at radius 2 is 1.02 bits per heavy atom. The van der Waals surface area contributed by atoms with Crippen molar-refractivity contribution in [3.63, 3.8) is 0 Å². The van der Waals surface area contributed by atoms with Gasteiger partial charge in [0, 0.05) is 35.0 Å². The SMILES string of the molecule is O=C(Oc1c2ccccc2c(C(=O)Oc2c(F)c(F)c(S(=O)(=O)[O-])c(F)c2F)c2ccccc12)c1c(Br)cc(Br)cc1Br. The normalized spacial score (nSPS) is 11.6. The van der Waals surface area contributed by atoms with E-state index in [1.54, 1.807) is 24.3 Å². The third kappa shape index (κ3) is 5.55. The number of rotatable bonds is 5. The standard InChI is InChI=1S/C28H11Br3F4O7S/c29-11-9-16(30)19(17(31)10-11)28(37)41-24-14-7-3-1-5-12(14)18(13-6-2-4-8-15(13)24)27(36)42-25-20(32)22(34)26(43(38,39)40)23(35)21(25)33/h1-10H,(H,38,39,40)/p-1. The Balaban J connectivity index is 1.69. The highest BCUT2D eigenvalue weighted by molar-refractivity contribution is 9.11. The van der Waals surface area contributed by atoms with Crippen LogP contribution < -0.4 is 9.47 Å². The molecule has 220 valence electrons. The van der Waals surface area contributed by atoms with Crippen LogP contribution in [0.25, 0.3) is 21.5 Å². The highest BCUT2D eigenvalue weighted by Crippen LogP contribution is 2.41. The topological polar surface area (TPSA) is 110 Å². The molecule has 15 heteroatoms. The van der Waals surface area contributed by atoms with Crippen molar-refractivity contribution in [2.45, 2.75) is 4.90 Å². The maximum absolute atomic E-state index is 14.7. The lowest BCUT2D eigenvalue weighted by molar-refractivity contribution is 0.0718. The number of ether oxygens (including phenoxy) is 2. The molecule has 0 saturated heterocycles. The van der Waals surface area contributed by atoms with Gasteiger partial charge in [0.1, 0.15) is 20.8 Å². The van der Waals surface area contributed by atoms with Crippen molar-refractivity contribution in [3.8, 4) is 11.5 Å². The van der Waals surface area contributed by atoms with Gasteiger partial charge in [-0.05, 0) is 44.0 Å². The van der Waals surface area contributed by atoms with Crippen LogP contribution in [-0.4, -0.2) is 24.9 Å². The zero-order valence-corrected chi connectivity index (χ0v) is 26.3. The summed E-state index contributed by atoms with van der Waals surface area (Å²) >= 11 is 9.96. The van der Waals surface area contributed by atoms with Crippen LogP contribution in [0.5, 0.6) is 11.5 Å². The summed E-state index contributed by atoms with van der Waals surface area (Å²) in [6.07, 6.45) is 0. The molecular weight excluding hydrogens is 796 g/mol. The van der Waals surface area contributed by atoms with Gasteiger partial charge in [-0.2, -0.15) is 8.78 Å². The van der Waals surface area contributed by atoms with Crippen molar-refractivity contribution in [1.82, 2.24) is 0 Å². The lowest BCUT2D eigenvalue weighted by Crippen LogP contribution is -2.17. The molecule has 0 radical (unpaired) electrons. The van der Waals surface area contributed by atoms with Crippen LogP contribution in [-0.2, 0) is 10.1 Å². The molecule has 0 heterocycles. The fourth-order valence-electron chi connectivity index (χ4n) is 4.34. The smallest absolute Gasteiger partial charge is 0.345 e. The number of hydrogen-bond acceptors (Lipinski definition) is 7. The third-order valence-electron chi connectivity index (χ3n) is 6.12. The van der Waals surface area contributed by atoms with E-state index < -0.39 is 56.0 Å². The Labute approximate surface area is 264 Å². The Hall–Kier alpha value is -3.37. The summed E-state index contributed by atoms with van der Waals surface area (Å²) in [5.74, 6) is -14.1. The first-order chi connectivity index (χ1) is 20.2. The first kappa shape index (κ1) is 31.1. The predicted octanol–water partition coefficient (Wildman–Crippen LogP) is 8.18. The predicted molar refractivity (Wildman–Crippen MR) is 155 cm³/mol. The molecule has 5 rings (SSSR count). The molecule has 0 spiro atoms. The summed E-state index contributed by atoms with van der Waals surface area (Å²) in [6.45, 7) is 0. The zero-order chi connectivity index (χ0) is 31.4. The second-order valence-corrected chi connectivity index (χ2v) is 12.6. The number of benzene rings is 5. The van der Waals surface area contributed by atoms with Gasteiger partial charge in [-0.1, -0.05) is 64.5 Å². The van der Waals surface area contributed by atoms with Crippen molar-refractivity contribution in [2.75, 3.05) is 0 Å². The van der Waals surface area contributed by atoms with E-state index in [1.807, 2.05) is 0 Å². The summed E-state index contributed by atoms with van der Waals surface area (Å²) in [7, 11) is -5.98. The minimum absolute atomic E-state index is 0.00826. The van der Waals surface area contributed by atoms with Gasteiger partial charge in [0.15, 0.2) is 11.6 Å². The highest BCUT2D eigenvalue weighted by Gasteiger charge is 2.32. The van der Waals surface area contributed by atoms with Crippen molar-refractivity contribution in [2.24, 2.45) is 0 Å². The molecule has 0 fully saturated rings. The van der Waals surface area contributed by atoms with Gasteiger partial charge in [0.25, 0.3) is 0 Å². The summed E-state index contributed by atoms with van der Waals surface area (Å²) in [6, 6.07) is 15.1. The quantitative estimate of drug-likeness (QED) is 0.0440. The van der Waals surface area contributed by atoms with Crippen molar-refractivity contribution < 1.29 is 49.6 Å². The molecule has 0 unspecified atom stereocenters. The Morgan fingerprint density at radius 3 is 1.47 bits per heavy atom. The van der Waals surface area contributed by atoms with Crippen LogP contribution in [0, 0.1) is 23.3 Å². The average Bonchev–Trinajstić information content (AvgIpc) is 2.93. The van der Waals surface area contributed by atoms with E-state index in [0.717, 1.165) is 0 Å². The fourth-order valence-corrected chi connectivity index (χ4v) is 7.54. The molecule has 0 N–H and O–H groups in total. The summed E-state index contributed by atoms with van der Waals surface area (Å²) in [5, 5.41) is 0.473. The second-order valence-electron chi connectivity index (χ2n) is 8.69. The molecule has 0 saturated carbocycles. The number of hydrogen-bond donors (Lipinski definition) is 0. The molecule has 0 aliphatic carbocycles. The van der Waals surface area contributed by atoms with Crippen LogP contribution in [0.2, 0.25) is 0 Å². The molecule has 5 aromatic rings. The molecule has 5 aromatic carbocycles. The minimum atomic E-state index is -5.98. The van der Waals surface area contributed by atoms with Gasteiger partial charge in [-0.15, -0.1) is 0 Å². The highest BCUT2D eigenvalue weighted by atomic mass is 79.9. The molecule has 0 bridgehead atoms. The molecule has 0 atom stereocenters. The number of carbonyl (C=O) groups excluding carboxylic acids is 2. The Morgan fingerprint density at radius 1 is 0.628 bits per heavy atom. The van der Waals surface area contributed by atoms with Crippen LogP contribution in [0.15, 0.2) is 79.0 Å². The van der Waals surface area contributed by atoms with Gasteiger partial charge < -0.3 is 14.0 Å². The summed E-state index contributed by atoms with van der Waals surface area (Å²) in [4.78, 5) is 24.4. The number of fused-ring (bicyclic) bond motifs is 2. The molecule has 0 aromatic heterocycles. The maximum Gasteiger partial charge on any atom is 0.345 e. The average molecular weight is 806 g/mol. The van der Waals surface area contributed by atoms with E-state index in [1.165, 1.54) is 36.4 Å². The van der Waals surface area contributed by atoms with Gasteiger partial charge >= 0.3 is 11.9 Å². The van der Waals surface area contributed by atoms with Crippen LogP contribution in [0.1, 0.15) is 20.7 Å². The first-order valence-electron chi connectivity index (χ1n) is 11.6. The van der Waals surface area contributed by atoms with E-state index in [9.17, 15) is 40.1 Å². The molecular formula is C28H10Br3F4O7S-. The lowest BCUT2D eigenvalue weighted by Gasteiger charge is -2.17. The van der Waals surface area contributed by atoms with Gasteiger partial charge in [0.2, 0.25) is 17.4 Å². The molecule has 0 aliphatic heterocycles. The second kappa shape index (κ2) is 11.6. The Bertz CT molecular complexity index is 2030. The number of halogens is 7. The van der Waals surface area contributed by atoms with Crippen LogP contribution >= 0.6 is 47.8 Å². The summed E-state index contributed by atoms with van der Waals surface area (Å²) < 4.78 is 104. The summed E-state index contributed by atoms with van der Waals surface area (Å²) in [5.41, 5.74) is -0.199. The zero-order valence-electron chi connectivity index (χ0n) is 20.7. The lowest BCUT2D eigenvalue weighted by atomic mass is 9.95. The minimum Gasteiger partial charge on any atom is -0.744 e.